The first-order valence-electron chi connectivity index (χ1n) is 24.8. The zero-order valence-corrected chi connectivity index (χ0v) is 40.7. The standard InChI is InChI=1S/C59H86O6/c1-4-7-10-13-16-19-22-25-28-29-32-34-37-40-43-46-49-52-58(61)64-55-56(65-59(62)53-50-47-44-41-38-35-31-27-24-21-18-15-12-9-6-3)54-63-57(60)51-48-45-42-39-36-33-30-26-23-20-17-14-11-8-5-2/h8-9,11-12,14-21,23-28,30-36,38,40,43,56H,4-7,10,13,22,29,37,39,41-42,44-55H2,1-3H3/b11-8-,12-9-,17-14-,18-15-,19-16-,23-20-,24-21-,28-25-,30-26-,31-27-,34-32-,36-33-,38-35-,43-40-. The molecule has 0 spiro atoms. The molecule has 0 bridgehead atoms. The van der Waals surface area contributed by atoms with Crippen LogP contribution in [0.4, 0.5) is 0 Å². The van der Waals surface area contributed by atoms with Crippen molar-refractivity contribution in [1.29, 1.82) is 0 Å². The molecule has 0 aromatic rings. The third-order valence-corrected chi connectivity index (χ3v) is 9.44. The maximum atomic E-state index is 12.8. The molecule has 358 valence electrons. The van der Waals surface area contributed by atoms with E-state index >= 15 is 0 Å². The van der Waals surface area contributed by atoms with Gasteiger partial charge in [0.2, 0.25) is 0 Å². The summed E-state index contributed by atoms with van der Waals surface area (Å²) < 4.78 is 16.6. The zero-order chi connectivity index (χ0) is 47.2. The molecule has 0 aromatic carbocycles. The number of allylic oxidation sites excluding steroid dienone is 28. The highest BCUT2D eigenvalue weighted by Crippen LogP contribution is 2.10. The molecule has 0 N–H and O–H groups in total. The van der Waals surface area contributed by atoms with Crippen LogP contribution in [0.5, 0.6) is 0 Å². The molecule has 6 nitrogen and oxygen atoms in total. The second kappa shape index (κ2) is 51.4. The number of esters is 3. The predicted octanol–water partition coefficient (Wildman–Crippen LogP) is 16.4. The minimum absolute atomic E-state index is 0.144. The van der Waals surface area contributed by atoms with Gasteiger partial charge >= 0.3 is 17.9 Å². The molecule has 0 fully saturated rings. The zero-order valence-electron chi connectivity index (χ0n) is 40.7. The van der Waals surface area contributed by atoms with Crippen LogP contribution in [-0.4, -0.2) is 37.2 Å². The lowest BCUT2D eigenvalue weighted by atomic mass is 10.1. The van der Waals surface area contributed by atoms with Gasteiger partial charge in [-0.15, -0.1) is 0 Å². The molecule has 0 saturated carbocycles. The Morgan fingerprint density at radius 1 is 0.338 bits per heavy atom. The van der Waals surface area contributed by atoms with Crippen molar-refractivity contribution in [2.24, 2.45) is 0 Å². The van der Waals surface area contributed by atoms with Crippen LogP contribution in [0.15, 0.2) is 170 Å². The van der Waals surface area contributed by atoms with E-state index < -0.39 is 6.10 Å². The number of hydrogen-bond acceptors (Lipinski definition) is 6. The molecule has 0 aliphatic heterocycles. The van der Waals surface area contributed by atoms with Gasteiger partial charge < -0.3 is 14.2 Å². The second-order valence-electron chi connectivity index (χ2n) is 15.5. The van der Waals surface area contributed by atoms with Crippen LogP contribution in [-0.2, 0) is 28.6 Å². The van der Waals surface area contributed by atoms with Crippen LogP contribution in [0.2, 0.25) is 0 Å². The Bertz CT molecular complexity index is 1590. The van der Waals surface area contributed by atoms with Gasteiger partial charge in [-0.3, -0.25) is 14.4 Å². The molecule has 1 atom stereocenters. The smallest absolute Gasteiger partial charge is 0.306 e. The molecule has 0 aliphatic carbocycles. The van der Waals surface area contributed by atoms with Crippen molar-refractivity contribution in [3.8, 4) is 0 Å². The molecule has 0 saturated heterocycles. The monoisotopic (exact) mass is 891 g/mol. The van der Waals surface area contributed by atoms with Crippen LogP contribution < -0.4 is 0 Å². The molecular weight excluding hydrogens is 805 g/mol. The summed E-state index contributed by atoms with van der Waals surface area (Å²) in [4.78, 5) is 37.9. The van der Waals surface area contributed by atoms with E-state index in [-0.39, 0.29) is 50.4 Å². The Morgan fingerprint density at radius 2 is 0.677 bits per heavy atom. The summed E-state index contributed by atoms with van der Waals surface area (Å²) in [7, 11) is 0. The van der Waals surface area contributed by atoms with Gasteiger partial charge in [-0.2, -0.15) is 0 Å². The van der Waals surface area contributed by atoms with Crippen molar-refractivity contribution in [2.75, 3.05) is 13.2 Å². The van der Waals surface area contributed by atoms with E-state index in [1.54, 1.807) is 0 Å². The molecule has 0 radical (unpaired) electrons. The summed E-state index contributed by atoms with van der Waals surface area (Å²) in [5.74, 6) is -1.10. The van der Waals surface area contributed by atoms with E-state index in [2.05, 4.69) is 93.7 Å². The van der Waals surface area contributed by atoms with Crippen LogP contribution in [0.25, 0.3) is 0 Å². The fraction of sp³-hybridized carbons (Fsp3) is 0.475. The summed E-state index contributed by atoms with van der Waals surface area (Å²) in [6.45, 7) is 6.16. The van der Waals surface area contributed by atoms with Gasteiger partial charge in [0.05, 0.1) is 0 Å². The highest BCUT2D eigenvalue weighted by Gasteiger charge is 2.19. The molecule has 0 aromatic heterocycles. The normalized spacial score (nSPS) is 13.6. The Hall–Kier alpha value is -5.23. The summed E-state index contributed by atoms with van der Waals surface area (Å²) in [5.41, 5.74) is 0. The van der Waals surface area contributed by atoms with E-state index in [0.29, 0.717) is 19.3 Å². The molecule has 0 aliphatic rings. The maximum absolute atomic E-state index is 12.8. The maximum Gasteiger partial charge on any atom is 0.306 e. The third kappa shape index (κ3) is 49.6. The Labute approximate surface area is 396 Å². The number of carbonyl (C=O) groups is 3. The average Bonchev–Trinajstić information content (AvgIpc) is 3.30. The van der Waals surface area contributed by atoms with Crippen molar-refractivity contribution in [3.05, 3.63) is 170 Å². The summed E-state index contributed by atoms with van der Waals surface area (Å²) in [6.07, 6.45) is 76.2. The quantitative estimate of drug-likeness (QED) is 0.0200. The summed E-state index contributed by atoms with van der Waals surface area (Å²) in [6, 6.07) is 0. The van der Waals surface area contributed by atoms with Crippen molar-refractivity contribution in [2.45, 2.75) is 168 Å². The number of unbranched alkanes of at least 4 members (excludes halogenated alkanes) is 10. The van der Waals surface area contributed by atoms with Gasteiger partial charge in [-0.1, -0.05) is 217 Å². The van der Waals surface area contributed by atoms with Crippen molar-refractivity contribution in [3.63, 3.8) is 0 Å². The van der Waals surface area contributed by atoms with Crippen LogP contribution >= 0.6 is 0 Å². The molecule has 65 heavy (non-hydrogen) atoms. The minimum Gasteiger partial charge on any atom is -0.462 e. The van der Waals surface area contributed by atoms with Gasteiger partial charge in [0, 0.05) is 19.3 Å². The first kappa shape index (κ1) is 59.8. The van der Waals surface area contributed by atoms with Crippen molar-refractivity contribution in [1.82, 2.24) is 0 Å². The van der Waals surface area contributed by atoms with E-state index in [4.69, 9.17) is 14.2 Å². The summed E-state index contributed by atoms with van der Waals surface area (Å²) >= 11 is 0. The van der Waals surface area contributed by atoms with Crippen LogP contribution in [0.3, 0.4) is 0 Å². The molecule has 0 heterocycles. The third-order valence-electron chi connectivity index (χ3n) is 9.44. The summed E-state index contributed by atoms with van der Waals surface area (Å²) in [5, 5.41) is 0. The first-order chi connectivity index (χ1) is 32.0. The van der Waals surface area contributed by atoms with E-state index in [9.17, 15) is 14.4 Å². The number of hydrogen-bond donors (Lipinski definition) is 0. The number of rotatable bonds is 41. The fourth-order valence-corrected chi connectivity index (χ4v) is 5.77. The molecule has 0 rings (SSSR count). The number of ether oxygens (including phenoxy) is 3. The van der Waals surface area contributed by atoms with E-state index in [1.165, 1.54) is 25.7 Å². The molecule has 6 heteroatoms. The second-order valence-corrected chi connectivity index (χ2v) is 15.5. The predicted molar refractivity (Wildman–Crippen MR) is 278 cm³/mol. The Kier molecular flexibility index (Phi) is 47.3. The van der Waals surface area contributed by atoms with Gasteiger partial charge in [0.25, 0.3) is 0 Å². The lowest BCUT2D eigenvalue weighted by molar-refractivity contribution is -0.167. The van der Waals surface area contributed by atoms with Crippen LogP contribution in [0, 0.1) is 0 Å². The SMILES string of the molecule is CC\C=C/C=C\C=C/C=C\C=C/CCCCCC(=O)OCC(COC(=O)CCC/C=C\C/C=C\C/C=C\C/C=C\CCCCC)OC(=O)CCCCC\C=C/C=C\C=C/C=C\C=C/CC. The first-order valence-corrected chi connectivity index (χ1v) is 24.8. The minimum atomic E-state index is -0.849. The van der Waals surface area contributed by atoms with Crippen molar-refractivity contribution >= 4 is 17.9 Å². The number of carbonyl (C=O) groups excluding carboxylic acids is 3. The van der Waals surface area contributed by atoms with Gasteiger partial charge in [-0.25, -0.2) is 0 Å². The fourth-order valence-electron chi connectivity index (χ4n) is 5.77. The highest BCUT2D eigenvalue weighted by molar-refractivity contribution is 5.71. The molecular formula is C59H86O6. The van der Waals surface area contributed by atoms with E-state index in [0.717, 1.165) is 77.0 Å². The lowest BCUT2D eigenvalue weighted by Gasteiger charge is -2.18. The van der Waals surface area contributed by atoms with Gasteiger partial charge in [0.15, 0.2) is 6.10 Å². The molecule has 1 unspecified atom stereocenters. The van der Waals surface area contributed by atoms with Gasteiger partial charge in [-0.05, 0) is 96.3 Å². The Balaban J connectivity index is 4.68. The topological polar surface area (TPSA) is 78.9 Å². The average molecular weight is 891 g/mol. The lowest BCUT2D eigenvalue weighted by Crippen LogP contribution is -2.30. The Morgan fingerprint density at radius 3 is 1.11 bits per heavy atom. The van der Waals surface area contributed by atoms with E-state index in [1.807, 2.05) is 97.2 Å². The van der Waals surface area contributed by atoms with Gasteiger partial charge in [0.1, 0.15) is 13.2 Å². The van der Waals surface area contributed by atoms with Crippen LogP contribution in [0.1, 0.15) is 162 Å². The molecule has 0 amide bonds. The largest absolute Gasteiger partial charge is 0.462 e. The highest BCUT2D eigenvalue weighted by atomic mass is 16.6. The van der Waals surface area contributed by atoms with Crippen molar-refractivity contribution < 1.29 is 28.6 Å².